The summed E-state index contributed by atoms with van der Waals surface area (Å²) in [6, 6.07) is 9.84. The lowest BCUT2D eigenvalue weighted by Crippen LogP contribution is -2.01. The van der Waals surface area contributed by atoms with Crippen molar-refractivity contribution in [1.29, 1.82) is 0 Å². The Balaban J connectivity index is 1.93. The highest BCUT2D eigenvalue weighted by atomic mass is 35.5. The highest BCUT2D eigenvalue weighted by Gasteiger charge is 2.15. The fourth-order valence-electron chi connectivity index (χ4n) is 1.49. The van der Waals surface area contributed by atoms with Gasteiger partial charge < -0.3 is 9.47 Å². The number of aromatic nitrogens is 2. The standard InChI is InChI=1S/C13H15ClN2O2S/c1-17-7-8-18-9-11-15-16-13(19-11)12(14)10-5-3-2-4-6-10/h2-6,12H,7-9H2,1H3. The van der Waals surface area contributed by atoms with E-state index in [-0.39, 0.29) is 5.38 Å². The van der Waals surface area contributed by atoms with Gasteiger partial charge in [-0.3, -0.25) is 0 Å². The molecule has 0 amide bonds. The third-order valence-electron chi connectivity index (χ3n) is 2.45. The molecule has 1 aromatic carbocycles. The molecular formula is C13H15ClN2O2S. The Morgan fingerprint density at radius 2 is 2.00 bits per heavy atom. The first kappa shape index (κ1) is 14.4. The minimum Gasteiger partial charge on any atom is -0.382 e. The van der Waals surface area contributed by atoms with E-state index in [0.717, 1.165) is 15.6 Å². The Morgan fingerprint density at radius 3 is 2.74 bits per heavy atom. The maximum absolute atomic E-state index is 6.38. The molecule has 1 heterocycles. The molecule has 2 aromatic rings. The van der Waals surface area contributed by atoms with Gasteiger partial charge >= 0.3 is 0 Å². The van der Waals surface area contributed by atoms with E-state index in [9.17, 15) is 0 Å². The molecule has 2 rings (SSSR count). The molecule has 0 aliphatic carbocycles. The van der Waals surface area contributed by atoms with Crippen LogP contribution in [0.15, 0.2) is 30.3 Å². The largest absolute Gasteiger partial charge is 0.382 e. The third-order valence-corrected chi connectivity index (χ3v) is 4.00. The summed E-state index contributed by atoms with van der Waals surface area (Å²) in [6.07, 6.45) is 0. The molecule has 0 aliphatic rings. The lowest BCUT2D eigenvalue weighted by Gasteiger charge is -2.04. The zero-order valence-corrected chi connectivity index (χ0v) is 12.2. The lowest BCUT2D eigenvalue weighted by atomic mass is 10.1. The van der Waals surface area contributed by atoms with Crippen molar-refractivity contribution in [2.24, 2.45) is 0 Å². The fraction of sp³-hybridized carbons (Fsp3) is 0.385. The van der Waals surface area contributed by atoms with E-state index < -0.39 is 0 Å². The van der Waals surface area contributed by atoms with Gasteiger partial charge in [-0.05, 0) is 5.56 Å². The Hall–Kier alpha value is -1.01. The molecule has 0 saturated carbocycles. The van der Waals surface area contributed by atoms with Gasteiger partial charge in [0.05, 0.1) is 13.2 Å². The summed E-state index contributed by atoms with van der Waals surface area (Å²) in [6.45, 7) is 1.57. The molecule has 0 radical (unpaired) electrons. The van der Waals surface area contributed by atoms with E-state index in [1.165, 1.54) is 11.3 Å². The number of halogens is 1. The minimum absolute atomic E-state index is 0.258. The molecule has 0 N–H and O–H groups in total. The van der Waals surface area contributed by atoms with Gasteiger partial charge in [-0.2, -0.15) is 0 Å². The van der Waals surface area contributed by atoms with Crippen LogP contribution in [0.2, 0.25) is 0 Å². The van der Waals surface area contributed by atoms with Gasteiger partial charge in [0.15, 0.2) is 0 Å². The highest BCUT2D eigenvalue weighted by molar-refractivity contribution is 7.11. The maximum Gasteiger partial charge on any atom is 0.143 e. The number of ether oxygens (including phenoxy) is 2. The summed E-state index contributed by atoms with van der Waals surface area (Å²) in [5, 5.41) is 9.55. The zero-order chi connectivity index (χ0) is 13.5. The van der Waals surface area contributed by atoms with E-state index in [2.05, 4.69) is 10.2 Å². The summed E-state index contributed by atoms with van der Waals surface area (Å²) in [7, 11) is 1.64. The number of rotatable bonds is 7. The van der Waals surface area contributed by atoms with E-state index in [0.29, 0.717) is 19.8 Å². The SMILES string of the molecule is COCCOCc1nnc(C(Cl)c2ccccc2)s1. The van der Waals surface area contributed by atoms with Crippen molar-refractivity contribution in [2.45, 2.75) is 12.0 Å². The first-order valence-electron chi connectivity index (χ1n) is 5.89. The molecule has 0 saturated heterocycles. The topological polar surface area (TPSA) is 44.2 Å². The molecule has 19 heavy (non-hydrogen) atoms. The molecule has 1 atom stereocenters. The third kappa shape index (κ3) is 4.24. The van der Waals surface area contributed by atoms with Gasteiger partial charge in [-0.25, -0.2) is 0 Å². The normalized spacial score (nSPS) is 12.5. The molecule has 0 fully saturated rings. The molecule has 1 unspecified atom stereocenters. The number of benzene rings is 1. The summed E-state index contributed by atoms with van der Waals surface area (Å²) < 4.78 is 10.3. The summed E-state index contributed by atoms with van der Waals surface area (Å²) in [5.74, 6) is 0. The Labute approximate surface area is 121 Å². The van der Waals surface area contributed by atoms with Crippen molar-refractivity contribution in [3.8, 4) is 0 Å². The smallest absolute Gasteiger partial charge is 0.143 e. The monoisotopic (exact) mass is 298 g/mol. The Bertz CT molecular complexity index is 492. The number of methoxy groups -OCH3 is 1. The minimum atomic E-state index is -0.258. The quantitative estimate of drug-likeness (QED) is 0.582. The summed E-state index contributed by atoms with van der Waals surface area (Å²) in [4.78, 5) is 0. The van der Waals surface area contributed by atoms with Crippen LogP contribution >= 0.6 is 22.9 Å². The van der Waals surface area contributed by atoms with Gasteiger partial charge in [0.2, 0.25) is 0 Å². The van der Waals surface area contributed by atoms with Crippen molar-refractivity contribution < 1.29 is 9.47 Å². The van der Waals surface area contributed by atoms with Gasteiger partial charge in [-0.15, -0.1) is 21.8 Å². The Morgan fingerprint density at radius 1 is 1.21 bits per heavy atom. The van der Waals surface area contributed by atoms with Crippen molar-refractivity contribution in [2.75, 3.05) is 20.3 Å². The van der Waals surface area contributed by atoms with Gasteiger partial charge in [-0.1, -0.05) is 41.7 Å². The molecule has 0 aliphatic heterocycles. The van der Waals surface area contributed by atoms with E-state index in [4.69, 9.17) is 21.1 Å². The van der Waals surface area contributed by atoms with Gasteiger partial charge in [0, 0.05) is 7.11 Å². The van der Waals surface area contributed by atoms with Crippen LogP contribution < -0.4 is 0 Å². The van der Waals surface area contributed by atoms with Crippen LogP contribution in [0.3, 0.4) is 0 Å². The average molecular weight is 299 g/mol. The van der Waals surface area contributed by atoms with Crippen LogP contribution in [0.5, 0.6) is 0 Å². The van der Waals surface area contributed by atoms with Crippen LogP contribution in [-0.2, 0) is 16.1 Å². The van der Waals surface area contributed by atoms with Crippen molar-refractivity contribution >= 4 is 22.9 Å². The van der Waals surface area contributed by atoms with Crippen molar-refractivity contribution in [3.63, 3.8) is 0 Å². The Kier molecular flexibility index (Phi) is 5.72. The predicted molar refractivity (Wildman–Crippen MR) is 75.6 cm³/mol. The van der Waals surface area contributed by atoms with E-state index >= 15 is 0 Å². The highest BCUT2D eigenvalue weighted by Crippen LogP contribution is 2.30. The van der Waals surface area contributed by atoms with Crippen LogP contribution in [0.25, 0.3) is 0 Å². The van der Waals surface area contributed by atoms with Crippen LogP contribution in [0.4, 0.5) is 0 Å². The number of alkyl halides is 1. The lowest BCUT2D eigenvalue weighted by molar-refractivity contribution is 0.0613. The predicted octanol–water partition coefficient (Wildman–Crippen LogP) is 3.03. The first-order chi connectivity index (χ1) is 9.31. The summed E-state index contributed by atoms with van der Waals surface area (Å²) >= 11 is 7.85. The number of hydrogen-bond donors (Lipinski definition) is 0. The van der Waals surface area contributed by atoms with Gasteiger partial charge in [0.1, 0.15) is 22.0 Å². The number of hydrogen-bond acceptors (Lipinski definition) is 5. The molecular weight excluding hydrogens is 284 g/mol. The molecule has 4 nitrogen and oxygen atoms in total. The van der Waals surface area contributed by atoms with Crippen molar-refractivity contribution in [1.82, 2.24) is 10.2 Å². The van der Waals surface area contributed by atoms with Crippen LogP contribution in [0, 0.1) is 0 Å². The second-order valence-electron chi connectivity index (χ2n) is 3.85. The second kappa shape index (κ2) is 7.55. The molecule has 102 valence electrons. The molecule has 0 bridgehead atoms. The first-order valence-corrected chi connectivity index (χ1v) is 7.14. The summed E-state index contributed by atoms with van der Waals surface area (Å²) in [5.41, 5.74) is 1.02. The van der Waals surface area contributed by atoms with Gasteiger partial charge in [0.25, 0.3) is 0 Å². The van der Waals surface area contributed by atoms with Crippen LogP contribution in [0.1, 0.15) is 21.0 Å². The molecule has 0 spiro atoms. The van der Waals surface area contributed by atoms with Crippen molar-refractivity contribution in [3.05, 3.63) is 45.9 Å². The zero-order valence-electron chi connectivity index (χ0n) is 10.6. The van der Waals surface area contributed by atoms with Crippen LogP contribution in [-0.4, -0.2) is 30.5 Å². The number of nitrogens with zero attached hydrogens (tertiary/aromatic N) is 2. The van der Waals surface area contributed by atoms with E-state index in [1.807, 2.05) is 30.3 Å². The molecule has 6 heteroatoms. The van der Waals surface area contributed by atoms with E-state index in [1.54, 1.807) is 7.11 Å². The average Bonchev–Trinajstić information content (AvgIpc) is 2.92. The molecule has 1 aromatic heterocycles. The maximum atomic E-state index is 6.38. The fourth-order valence-corrected chi connectivity index (χ4v) is 2.60. The second-order valence-corrected chi connectivity index (χ2v) is 5.38.